The Morgan fingerprint density at radius 2 is 1.90 bits per heavy atom. The van der Waals surface area contributed by atoms with Crippen molar-refractivity contribution in [2.45, 2.75) is 6.61 Å². The maximum Gasteiger partial charge on any atom is 0.275 e. The fraction of sp³-hybridized carbons (Fsp3) is 0.0909. The van der Waals surface area contributed by atoms with Gasteiger partial charge in [-0.05, 0) is 48.0 Å². The largest absolute Gasteiger partial charge is 0.508 e. The Kier molecular flexibility index (Phi) is 6.49. The van der Waals surface area contributed by atoms with E-state index in [1.165, 1.54) is 31.5 Å². The van der Waals surface area contributed by atoms with Crippen molar-refractivity contribution in [3.8, 4) is 23.0 Å². The van der Waals surface area contributed by atoms with Crippen LogP contribution in [0.2, 0.25) is 0 Å². The van der Waals surface area contributed by atoms with Gasteiger partial charge in [0, 0.05) is 5.56 Å². The van der Waals surface area contributed by atoms with Crippen LogP contribution in [0, 0.1) is 5.82 Å². The van der Waals surface area contributed by atoms with Crippen LogP contribution in [0.25, 0.3) is 0 Å². The van der Waals surface area contributed by atoms with E-state index >= 15 is 0 Å². The average Bonchev–Trinajstić information content (AvgIpc) is 2.75. The van der Waals surface area contributed by atoms with Crippen LogP contribution < -0.4 is 14.9 Å². The van der Waals surface area contributed by atoms with Gasteiger partial charge in [-0.15, -0.1) is 0 Å². The van der Waals surface area contributed by atoms with Gasteiger partial charge in [0.25, 0.3) is 5.91 Å². The molecule has 0 fully saturated rings. The van der Waals surface area contributed by atoms with Crippen molar-refractivity contribution >= 4 is 12.1 Å². The molecule has 0 heterocycles. The first-order valence-electron chi connectivity index (χ1n) is 8.87. The third kappa shape index (κ3) is 5.05. The Bertz CT molecular complexity index is 1080. The van der Waals surface area contributed by atoms with Crippen LogP contribution in [0.5, 0.6) is 23.0 Å². The topological polar surface area (TPSA) is 100 Å². The molecule has 0 aliphatic rings. The fourth-order valence-corrected chi connectivity index (χ4v) is 2.59. The number of carbonyl (C=O) groups excluding carboxylic acids is 1. The Labute approximate surface area is 172 Å². The molecule has 0 aliphatic heterocycles. The summed E-state index contributed by atoms with van der Waals surface area (Å²) in [5.41, 5.74) is 3.18. The van der Waals surface area contributed by atoms with Gasteiger partial charge in [0.05, 0.1) is 18.9 Å². The molecule has 3 aromatic rings. The number of halogens is 1. The summed E-state index contributed by atoms with van der Waals surface area (Å²) in [6, 6.07) is 14.9. The van der Waals surface area contributed by atoms with Crippen molar-refractivity contribution in [1.29, 1.82) is 0 Å². The SMILES string of the molecule is COc1cc(C=NNC(=O)c2cc(O)ccc2O)ccc1OCc1ccccc1F. The van der Waals surface area contributed by atoms with Gasteiger partial charge in [0.15, 0.2) is 11.5 Å². The van der Waals surface area contributed by atoms with Crippen LogP contribution in [-0.4, -0.2) is 29.4 Å². The van der Waals surface area contributed by atoms with E-state index in [0.717, 1.165) is 6.07 Å². The monoisotopic (exact) mass is 410 g/mol. The van der Waals surface area contributed by atoms with Gasteiger partial charge in [-0.1, -0.05) is 18.2 Å². The normalized spacial score (nSPS) is 10.7. The number of benzene rings is 3. The molecule has 0 spiro atoms. The molecule has 0 unspecified atom stereocenters. The average molecular weight is 410 g/mol. The number of amides is 1. The van der Waals surface area contributed by atoms with Crippen LogP contribution >= 0.6 is 0 Å². The van der Waals surface area contributed by atoms with Crippen molar-refractivity contribution < 1.29 is 28.9 Å². The maximum atomic E-state index is 13.7. The van der Waals surface area contributed by atoms with Crippen LogP contribution in [0.1, 0.15) is 21.5 Å². The molecule has 0 radical (unpaired) electrons. The summed E-state index contributed by atoms with van der Waals surface area (Å²) in [6.45, 7) is 0.0416. The lowest BCUT2D eigenvalue weighted by molar-refractivity contribution is 0.0952. The van der Waals surface area contributed by atoms with E-state index in [1.807, 2.05) is 0 Å². The molecule has 0 bridgehead atoms. The van der Waals surface area contributed by atoms with E-state index < -0.39 is 5.91 Å². The Balaban J connectivity index is 1.66. The van der Waals surface area contributed by atoms with Crippen molar-refractivity contribution in [2.24, 2.45) is 5.10 Å². The molecule has 7 nitrogen and oxygen atoms in total. The minimum atomic E-state index is -0.684. The number of rotatable bonds is 7. The van der Waals surface area contributed by atoms with Gasteiger partial charge >= 0.3 is 0 Å². The summed E-state index contributed by atoms with van der Waals surface area (Å²) >= 11 is 0. The van der Waals surface area contributed by atoms with E-state index in [1.54, 1.807) is 36.4 Å². The number of ether oxygens (including phenoxy) is 2. The zero-order valence-corrected chi connectivity index (χ0v) is 16.0. The van der Waals surface area contributed by atoms with Crippen molar-refractivity contribution in [2.75, 3.05) is 7.11 Å². The Hall–Kier alpha value is -4.07. The molecular formula is C22H19FN2O5. The van der Waals surface area contributed by atoms with E-state index in [2.05, 4.69) is 10.5 Å². The van der Waals surface area contributed by atoms with Gasteiger partial charge in [-0.25, -0.2) is 9.82 Å². The first-order chi connectivity index (χ1) is 14.5. The molecule has 0 saturated heterocycles. The fourth-order valence-electron chi connectivity index (χ4n) is 2.59. The summed E-state index contributed by atoms with van der Waals surface area (Å²) in [7, 11) is 1.47. The Morgan fingerprint density at radius 1 is 1.10 bits per heavy atom. The highest BCUT2D eigenvalue weighted by atomic mass is 19.1. The summed E-state index contributed by atoms with van der Waals surface area (Å²) in [5.74, 6) is -0.639. The second-order valence-corrected chi connectivity index (χ2v) is 6.19. The number of carbonyl (C=O) groups is 1. The molecule has 8 heteroatoms. The first kappa shape index (κ1) is 20.7. The third-order valence-corrected chi connectivity index (χ3v) is 4.13. The van der Waals surface area contributed by atoms with Crippen molar-refractivity contribution in [1.82, 2.24) is 5.43 Å². The Morgan fingerprint density at radius 3 is 2.67 bits per heavy atom. The van der Waals surface area contributed by atoms with E-state index in [9.17, 15) is 19.4 Å². The highest BCUT2D eigenvalue weighted by molar-refractivity contribution is 5.97. The molecule has 0 saturated carbocycles. The summed E-state index contributed by atoms with van der Waals surface area (Å²) in [6.07, 6.45) is 1.38. The highest BCUT2D eigenvalue weighted by Crippen LogP contribution is 2.28. The van der Waals surface area contributed by atoms with Crippen LogP contribution in [0.4, 0.5) is 4.39 Å². The smallest absolute Gasteiger partial charge is 0.275 e. The lowest BCUT2D eigenvalue weighted by Gasteiger charge is -2.11. The van der Waals surface area contributed by atoms with Gasteiger partial charge in [-0.2, -0.15) is 5.10 Å². The number of hydrazone groups is 1. The summed E-state index contributed by atoms with van der Waals surface area (Å²) in [5, 5.41) is 23.0. The highest BCUT2D eigenvalue weighted by Gasteiger charge is 2.11. The molecule has 0 aromatic heterocycles. The minimum Gasteiger partial charge on any atom is -0.508 e. The number of hydrogen-bond donors (Lipinski definition) is 3. The minimum absolute atomic E-state index is 0.0416. The van der Waals surface area contributed by atoms with Gasteiger partial charge in [0.2, 0.25) is 0 Å². The first-order valence-corrected chi connectivity index (χ1v) is 8.87. The second kappa shape index (κ2) is 9.42. The quantitative estimate of drug-likeness (QED) is 0.314. The van der Waals surface area contributed by atoms with Crippen LogP contribution in [0.3, 0.4) is 0 Å². The van der Waals surface area contributed by atoms with Gasteiger partial charge < -0.3 is 19.7 Å². The number of methoxy groups -OCH3 is 1. The van der Waals surface area contributed by atoms with E-state index in [-0.39, 0.29) is 29.5 Å². The van der Waals surface area contributed by atoms with Gasteiger partial charge in [0.1, 0.15) is 23.9 Å². The van der Waals surface area contributed by atoms with Crippen molar-refractivity contribution in [3.63, 3.8) is 0 Å². The number of nitrogens with zero attached hydrogens (tertiary/aromatic N) is 1. The number of aromatic hydroxyl groups is 2. The molecule has 30 heavy (non-hydrogen) atoms. The lowest BCUT2D eigenvalue weighted by Crippen LogP contribution is -2.17. The second-order valence-electron chi connectivity index (χ2n) is 6.19. The number of hydrogen-bond acceptors (Lipinski definition) is 6. The number of nitrogens with one attached hydrogen (secondary N) is 1. The standard InChI is InChI=1S/C22H19FN2O5/c1-29-21-10-14(6-9-20(21)30-13-15-4-2-3-5-18(15)23)12-24-25-22(28)17-11-16(26)7-8-19(17)27/h2-12,26-27H,13H2,1H3,(H,25,28). The molecule has 1 amide bonds. The number of phenolic OH excluding ortho intramolecular Hbond substituents is 2. The number of phenols is 2. The zero-order valence-electron chi connectivity index (χ0n) is 16.0. The predicted octanol–water partition coefficient (Wildman–Crippen LogP) is 3.59. The molecular weight excluding hydrogens is 391 g/mol. The molecule has 3 rings (SSSR count). The molecule has 3 aromatic carbocycles. The molecule has 3 N–H and O–H groups in total. The predicted molar refractivity (Wildman–Crippen MR) is 109 cm³/mol. The zero-order chi connectivity index (χ0) is 21.5. The maximum absolute atomic E-state index is 13.7. The van der Waals surface area contributed by atoms with Crippen molar-refractivity contribution in [3.05, 3.63) is 83.2 Å². The van der Waals surface area contributed by atoms with Gasteiger partial charge in [-0.3, -0.25) is 4.79 Å². The van der Waals surface area contributed by atoms with Crippen LogP contribution in [-0.2, 0) is 6.61 Å². The molecule has 154 valence electrons. The van der Waals surface area contributed by atoms with Crippen LogP contribution in [0.15, 0.2) is 65.8 Å². The summed E-state index contributed by atoms with van der Waals surface area (Å²) < 4.78 is 24.7. The molecule has 0 aliphatic carbocycles. The third-order valence-electron chi connectivity index (χ3n) is 4.13. The van der Waals surface area contributed by atoms with E-state index in [4.69, 9.17) is 9.47 Å². The van der Waals surface area contributed by atoms with E-state index in [0.29, 0.717) is 22.6 Å². The molecule has 0 atom stereocenters. The summed E-state index contributed by atoms with van der Waals surface area (Å²) in [4.78, 5) is 12.1. The lowest BCUT2D eigenvalue weighted by atomic mass is 10.2.